The number of imidazole rings is 1. The molecular formula is C24H26F3N5O3. The predicted molar refractivity (Wildman–Crippen MR) is 121 cm³/mol. The van der Waals surface area contributed by atoms with Crippen LogP contribution in [0.2, 0.25) is 0 Å². The molecule has 3 heterocycles. The molecule has 1 fully saturated rings. The largest absolute Gasteiger partial charge is 0.479 e. The summed E-state index contributed by atoms with van der Waals surface area (Å²) in [7, 11) is 1.45. The van der Waals surface area contributed by atoms with E-state index in [-0.39, 0.29) is 36.6 Å². The number of aliphatic hydroxyl groups is 1. The van der Waals surface area contributed by atoms with Gasteiger partial charge in [0.2, 0.25) is 5.88 Å². The van der Waals surface area contributed by atoms with E-state index in [1.165, 1.54) is 19.2 Å². The van der Waals surface area contributed by atoms with Crippen molar-refractivity contribution in [2.24, 2.45) is 0 Å². The van der Waals surface area contributed by atoms with Crippen LogP contribution in [0.15, 0.2) is 48.9 Å². The Labute approximate surface area is 200 Å². The van der Waals surface area contributed by atoms with Crippen molar-refractivity contribution in [1.82, 2.24) is 24.8 Å². The highest BCUT2D eigenvalue weighted by Crippen LogP contribution is 2.32. The van der Waals surface area contributed by atoms with E-state index in [2.05, 4.69) is 15.3 Å². The van der Waals surface area contributed by atoms with Gasteiger partial charge in [0.25, 0.3) is 5.91 Å². The van der Waals surface area contributed by atoms with Gasteiger partial charge in [0.15, 0.2) is 0 Å². The Morgan fingerprint density at radius 1 is 1.23 bits per heavy atom. The lowest BCUT2D eigenvalue weighted by Crippen LogP contribution is -2.52. The number of rotatable bonds is 6. The van der Waals surface area contributed by atoms with Crippen LogP contribution in [0.25, 0.3) is 5.69 Å². The topological polar surface area (TPSA) is 92.5 Å². The standard InChI is InChI=1S/C24H26F3N5O3/c1-15-10-32(14-28-15)21-8-7-20(30-23(21)35-2)22(34)29-17-9-18(33)13-31(12-17)11-16-5-3-4-6-19(16)24(25,26)27/h3-8,10,14,17-18,33H,9,11-13H2,1-2H3,(H,29,34). The number of alkyl halides is 3. The number of halogens is 3. The van der Waals surface area contributed by atoms with Crippen molar-refractivity contribution in [2.75, 3.05) is 20.2 Å². The van der Waals surface area contributed by atoms with E-state index in [1.807, 2.05) is 6.92 Å². The highest BCUT2D eigenvalue weighted by Gasteiger charge is 2.34. The van der Waals surface area contributed by atoms with Crippen molar-refractivity contribution < 1.29 is 27.8 Å². The van der Waals surface area contributed by atoms with Crippen molar-refractivity contribution in [3.63, 3.8) is 0 Å². The normalized spacial score (nSPS) is 18.9. The number of likely N-dealkylation sites (tertiary alicyclic amines) is 1. The molecule has 2 N–H and O–H groups in total. The van der Waals surface area contributed by atoms with E-state index in [0.29, 0.717) is 12.2 Å². The molecule has 1 saturated heterocycles. The highest BCUT2D eigenvalue weighted by molar-refractivity contribution is 5.92. The van der Waals surface area contributed by atoms with Crippen LogP contribution in [0.5, 0.6) is 5.88 Å². The number of methoxy groups -OCH3 is 1. The van der Waals surface area contributed by atoms with Crippen molar-refractivity contribution in [3.8, 4) is 11.6 Å². The second kappa shape index (κ2) is 10.0. The lowest BCUT2D eigenvalue weighted by molar-refractivity contribution is -0.138. The van der Waals surface area contributed by atoms with Crippen LogP contribution in [0.3, 0.4) is 0 Å². The molecule has 0 aliphatic carbocycles. The maximum Gasteiger partial charge on any atom is 0.416 e. The summed E-state index contributed by atoms with van der Waals surface area (Å²) < 4.78 is 47.2. The van der Waals surface area contributed by atoms with Gasteiger partial charge in [-0.25, -0.2) is 9.97 Å². The first-order valence-corrected chi connectivity index (χ1v) is 11.1. The average molecular weight is 489 g/mol. The van der Waals surface area contributed by atoms with Gasteiger partial charge in [0.05, 0.1) is 30.8 Å². The van der Waals surface area contributed by atoms with Crippen LogP contribution in [0.4, 0.5) is 13.2 Å². The van der Waals surface area contributed by atoms with Crippen LogP contribution < -0.4 is 10.1 Å². The summed E-state index contributed by atoms with van der Waals surface area (Å²) in [4.78, 5) is 23.1. The summed E-state index contributed by atoms with van der Waals surface area (Å²) in [6.07, 6.45) is -1.56. The number of ether oxygens (including phenoxy) is 1. The van der Waals surface area contributed by atoms with E-state index in [1.54, 1.807) is 40.2 Å². The first-order chi connectivity index (χ1) is 16.6. The molecule has 1 aliphatic rings. The van der Waals surface area contributed by atoms with Gasteiger partial charge in [-0.15, -0.1) is 0 Å². The number of aryl methyl sites for hydroxylation is 1. The van der Waals surface area contributed by atoms with Gasteiger partial charge in [0, 0.05) is 31.9 Å². The SMILES string of the molecule is COc1nc(C(=O)NC2CC(O)CN(Cc3ccccc3C(F)(F)F)C2)ccc1-n1cnc(C)c1. The van der Waals surface area contributed by atoms with Crippen molar-refractivity contribution in [1.29, 1.82) is 0 Å². The number of amides is 1. The number of carbonyl (C=O) groups excluding carboxylic acids is 1. The zero-order chi connectivity index (χ0) is 25.2. The Balaban J connectivity index is 1.46. The van der Waals surface area contributed by atoms with Crippen LogP contribution in [0.1, 0.15) is 33.7 Å². The molecule has 2 unspecified atom stereocenters. The molecule has 11 heteroatoms. The molecule has 8 nitrogen and oxygen atoms in total. The number of carbonyl (C=O) groups is 1. The summed E-state index contributed by atoms with van der Waals surface area (Å²) in [6.45, 7) is 2.36. The van der Waals surface area contributed by atoms with Gasteiger partial charge in [-0.1, -0.05) is 18.2 Å². The fourth-order valence-corrected chi connectivity index (χ4v) is 4.29. The first-order valence-electron chi connectivity index (χ1n) is 11.1. The molecule has 1 amide bonds. The number of nitrogens with one attached hydrogen (secondary N) is 1. The number of benzene rings is 1. The Bertz CT molecular complexity index is 1200. The lowest BCUT2D eigenvalue weighted by Gasteiger charge is -2.36. The Kier molecular flexibility index (Phi) is 7.08. The van der Waals surface area contributed by atoms with E-state index in [9.17, 15) is 23.1 Å². The molecule has 35 heavy (non-hydrogen) atoms. The van der Waals surface area contributed by atoms with Crippen LogP contribution in [0, 0.1) is 6.92 Å². The molecule has 0 saturated carbocycles. The number of nitrogens with zero attached hydrogens (tertiary/aromatic N) is 4. The number of hydrogen-bond donors (Lipinski definition) is 2. The minimum atomic E-state index is -4.47. The number of aromatic nitrogens is 3. The third-order valence-electron chi connectivity index (χ3n) is 5.81. The third-order valence-corrected chi connectivity index (χ3v) is 5.81. The summed E-state index contributed by atoms with van der Waals surface area (Å²) in [5, 5.41) is 13.2. The molecular weight excluding hydrogens is 463 g/mol. The minimum absolute atomic E-state index is 0.00417. The van der Waals surface area contributed by atoms with Crippen molar-refractivity contribution in [3.05, 3.63) is 71.4 Å². The summed E-state index contributed by atoms with van der Waals surface area (Å²) in [5.41, 5.74) is 0.969. The van der Waals surface area contributed by atoms with Crippen LogP contribution >= 0.6 is 0 Å². The maximum absolute atomic E-state index is 13.4. The molecule has 1 aliphatic heterocycles. The smallest absolute Gasteiger partial charge is 0.416 e. The van der Waals surface area contributed by atoms with Gasteiger partial charge in [-0.05, 0) is 37.1 Å². The van der Waals surface area contributed by atoms with E-state index >= 15 is 0 Å². The molecule has 2 atom stereocenters. The van der Waals surface area contributed by atoms with E-state index in [4.69, 9.17) is 4.74 Å². The van der Waals surface area contributed by atoms with E-state index < -0.39 is 29.8 Å². The van der Waals surface area contributed by atoms with Crippen LogP contribution in [-0.4, -0.2) is 62.8 Å². The zero-order valence-electron chi connectivity index (χ0n) is 19.3. The van der Waals surface area contributed by atoms with Gasteiger partial charge in [0.1, 0.15) is 11.4 Å². The fourth-order valence-electron chi connectivity index (χ4n) is 4.29. The molecule has 0 bridgehead atoms. The van der Waals surface area contributed by atoms with Crippen molar-refractivity contribution in [2.45, 2.75) is 38.2 Å². The van der Waals surface area contributed by atoms with Gasteiger partial charge >= 0.3 is 6.18 Å². The summed E-state index contributed by atoms with van der Waals surface area (Å²) >= 11 is 0. The average Bonchev–Trinajstić information content (AvgIpc) is 3.24. The predicted octanol–water partition coefficient (Wildman–Crippen LogP) is 2.97. The van der Waals surface area contributed by atoms with Gasteiger partial charge in [-0.2, -0.15) is 13.2 Å². The second-order valence-electron chi connectivity index (χ2n) is 8.56. The Morgan fingerprint density at radius 2 is 2.00 bits per heavy atom. The first kappa shape index (κ1) is 24.7. The number of piperidine rings is 1. The zero-order valence-corrected chi connectivity index (χ0v) is 19.3. The fraction of sp³-hybridized carbons (Fsp3) is 0.375. The van der Waals surface area contributed by atoms with Gasteiger partial charge < -0.3 is 19.7 Å². The number of pyridine rings is 1. The van der Waals surface area contributed by atoms with Crippen molar-refractivity contribution >= 4 is 5.91 Å². The quantitative estimate of drug-likeness (QED) is 0.553. The molecule has 4 rings (SSSR count). The summed E-state index contributed by atoms with van der Waals surface area (Å²) in [6, 6.07) is 8.16. The maximum atomic E-state index is 13.4. The Hall–Kier alpha value is -3.44. The highest BCUT2D eigenvalue weighted by atomic mass is 19.4. The van der Waals surface area contributed by atoms with Gasteiger partial charge in [-0.3, -0.25) is 9.69 Å². The molecule has 2 aromatic heterocycles. The minimum Gasteiger partial charge on any atom is -0.479 e. The molecule has 3 aromatic rings. The molecule has 186 valence electrons. The number of hydrogen-bond acceptors (Lipinski definition) is 6. The number of β-amino-alcohol motifs (C(OH)–C–C–N with tert-alkyl or cyclic N) is 1. The molecule has 0 spiro atoms. The summed E-state index contributed by atoms with van der Waals surface area (Å²) in [5.74, 6) is -0.226. The third kappa shape index (κ3) is 5.80. The monoisotopic (exact) mass is 489 g/mol. The number of aliphatic hydroxyl groups excluding tert-OH is 1. The lowest BCUT2D eigenvalue weighted by atomic mass is 10.0. The Morgan fingerprint density at radius 3 is 2.69 bits per heavy atom. The molecule has 0 radical (unpaired) electrons. The van der Waals surface area contributed by atoms with Crippen LogP contribution in [-0.2, 0) is 12.7 Å². The second-order valence-corrected chi connectivity index (χ2v) is 8.56. The molecule has 1 aromatic carbocycles. The van der Waals surface area contributed by atoms with E-state index in [0.717, 1.165) is 11.8 Å².